The molecule has 0 unspecified atom stereocenters. The molecule has 0 radical (unpaired) electrons. The van der Waals surface area contributed by atoms with Crippen molar-refractivity contribution in [2.24, 2.45) is 5.92 Å². The molecule has 0 bridgehead atoms. The van der Waals surface area contributed by atoms with E-state index in [1.807, 2.05) is 18.2 Å². The average Bonchev–Trinajstić information content (AvgIpc) is 2.87. The molecule has 0 aromatic heterocycles. The van der Waals surface area contributed by atoms with Gasteiger partial charge >= 0.3 is 6.03 Å². The van der Waals surface area contributed by atoms with Crippen LogP contribution in [0.2, 0.25) is 0 Å². The molecule has 2 N–H and O–H groups in total. The zero-order valence-corrected chi connectivity index (χ0v) is 15.8. The number of carbonyl (C=O) groups excluding carboxylic acids is 3. The van der Waals surface area contributed by atoms with Gasteiger partial charge in [-0.05, 0) is 42.7 Å². The molecule has 1 saturated carbocycles. The van der Waals surface area contributed by atoms with Gasteiger partial charge in [0.1, 0.15) is 12.1 Å². The fraction of sp³-hybridized carbons (Fsp3) is 0.571. The molecular weight excluding hydrogens is 342 g/mol. The third kappa shape index (κ3) is 3.33. The van der Waals surface area contributed by atoms with Crippen molar-refractivity contribution < 1.29 is 14.4 Å². The molecule has 4 amide bonds. The highest BCUT2D eigenvalue weighted by Gasteiger charge is 2.52. The zero-order chi connectivity index (χ0) is 19.0. The summed E-state index contributed by atoms with van der Waals surface area (Å²) in [5, 5.41) is 5.92. The second-order valence-electron chi connectivity index (χ2n) is 8.28. The Morgan fingerprint density at radius 2 is 1.96 bits per heavy atom. The van der Waals surface area contributed by atoms with Gasteiger partial charge in [-0.3, -0.25) is 14.5 Å². The quantitative estimate of drug-likeness (QED) is 0.802. The number of aryl methyl sites for hydroxylation is 1. The molecule has 6 nitrogen and oxygen atoms in total. The number of rotatable bonds is 3. The first-order valence-electron chi connectivity index (χ1n) is 9.99. The maximum Gasteiger partial charge on any atom is 0.325 e. The Labute approximate surface area is 159 Å². The van der Waals surface area contributed by atoms with Crippen molar-refractivity contribution >= 4 is 17.8 Å². The number of hydrogen-bond acceptors (Lipinski definition) is 3. The lowest BCUT2D eigenvalue weighted by atomic mass is 9.78. The van der Waals surface area contributed by atoms with Crippen molar-refractivity contribution in [1.82, 2.24) is 15.5 Å². The molecule has 1 spiro atoms. The fourth-order valence-electron chi connectivity index (χ4n) is 4.77. The topological polar surface area (TPSA) is 78.5 Å². The van der Waals surface area contributed by atoms with Crippen LogP contribution in [0.15, 0.2) is 24.3 Å². The van der Waals surface area contributed by atoms with E-state index in [9.17, 15) is 14.4 Å². The number of nitrogens with zero attached hydrogens (tertiary/aromatic N) is 1. The van der Waals surface area contributed by atoms with E-state index < -0.39 is 11.6 Å². The van der Waals surface area contributed by atoms with E-state index in [1.165, 1.54) is 12.0 Å². The summed E-state index contributed by atoms with van der Waals surface area (Å²) in [6.07, 6.45) is 6.20. The van der Waals surface area contributed by atoms with Gasteiger partial charge in [-0.1, -0.05) is 44.0 Å². The van der Waals surface area contributed by atoms with E-state index in [0.717, 1.165) is 36.1 Å². The second-order valence-corrected chi connectivity index (χ2v) is 8.28. The van der Waals surface area contributed by atoms with Gasteiger partial charge in [0, 0.05) is 12.5 Å². The Bertz CT molecular complexity index is 778. The average molecular weight is 369 g/mol. The number of amides is 4. The molecule has 2 aliphatic carbocycles. The third-order valence-electron chi connectivity index (χ3n) is 6.44. The summed E-state index contributed by atoms with van der Waals surface area (Å²) < 4.78 is 0. The van der Waals surface area contributed by atoms with Crippen LogP contribution in [0.1, 0.15) is 50.2 Å². The minimum absolute atomic E-state index is 0.141. The number of hydrogen-bond donors (Lipinski definition) is 2. The molecule has 1 aromatic carbocycles. The first-order chi connectivity index (χ1) is 13.0. The van der Waals surface area contributed by atoms with E-state index in [1.54, 1.807) is 0 Å². The van der Waals surface area contributed by atoms with Crippen molar-refractivity contribution in [3.63, 3.8) is 0 Å². The standard InChI is InChI=1S/C21H27N3O3/c1-14-6-2-5-9-17(14)22-18(25)13-24-19(26)21(23-20(24)27)11-10-15-7-3-4-8-16(15)12-21/h3-4,7-8,14,17H,2,5-6,9-13H2,1H3,(H,22,25)(H,23,27)/t14-,17-,21+/m0/s1. The molecule has 1 aromatic rings. The largest absolute Gasteiger partial charge is 0.352 e. The van der Waals surface area contributed by atoms with Gasteiger partial charge in [-0.15, -0.1) is 0 Å². The van der Waals surface area contributed by atoms with E-state index in [-0.39, 0.29) is 24.4 Å². The summed E-state index contributed by atoms with van der Waals surface area (Å²) in [7, 11) is 0. The minimum Gasteiger partial charge on any atom is -0.352 e. The second kappa shape index (κ2) is 6.98. The van der Waals surface area contributed by atoms with Gasteiger partial charge in [0.05, 0.1) is 0 Å². The summed E-state index contributed by atoms with van der Waals surface area (Å²) in [6, 6.07) is 7.72. The van der Waals surface area contributed by atoms with Crippen LogP contribution in [-0.4, -0.2) is 40.9 Å². The Morgan fingerprint density at radius 1 is 1.22 bits per heavy atom. The lowest BCUT2D eigenvalue weighted by molar-refractivity contribution is -0.135. The van der Waals surface area contributed by atoms with Crippen molar-refractivity contribution in [2.45, 2.75) is 63.5 Å². The van der Waals surface area contributed by atoms with E-state index >= 15 is 0 Å². The number of fused-ring (bicyclic) bond motifs is 1. The normalized spacial score (nSPS) is 30.2. The highest BCUT2D eigenvalue weighted by atomic mass is 16.2. The van der Waals surface area contributed by atoms with Crippen molar-refractivity contribution in [1.29, 1.82) is 0 Å². The van der Waals surface area contributed by atoms with Gasteiger partial charge in [0.2, 0.25) is 5.91 Å². The molecule has 3 atom stereocenters. The predicted octanol–water partition coefficient (Wildman–Crippen LogP) is 2.16. The summed E-state index contributed by atoms with van der Waals surface area (Å²) in [5.41, 5.74) is 1.43. The van der Waals surface area contributed by atoms with Gasteiger partial charge in [0.25, 0.3) is 5.91 Å². The first-order valence-corrected chi connectivity index (χ1v) is 9.99. The predicted molar refractivity (Wildman–Crippen MR) is 101 cm³/mol. The van der Waals surface area contributed by atoms with Crippen LogP contribution in [0.25, 0.3) is 0 Å². The fourth-order valence-corrected chi connectivity index (χ4v) is 4.77. The van der Waals surface area contributed by atoms with Crippen LogP contribution in [-0.2, 0) is 22.4 Å². The Balaban J connectivity index is 1.43. The third-order valence-corrected chi connectivity index (χ3v) is 6.44. The summed E-state index contributed by atoms with van der Waals surface area (Å²) in [6.45, 7) is 1.95. The molecule has 27 heavy (non-hydrogen) atoms. The molecule has 1 heterocycles. The Kier molecular flexibility index (Phi) is 4.66. The SMILES string of the molecule is C[C@H]1CCCC[C@@H]1NC(=O)CN1C(=O)N[C@@]2(CCc3ccccc3C2)C1=O. The highest BCUT2D eigenvalue weighted by Crippen LogP contribution is 2.33. The van der Waals surface area contributed by atoms with Crippen LogP contribution in [0.4, 0.5) is 4.79 Å². The van der Waals surface area contributed by atoms with Crippen LogP contribution in [0, 0.1) is 5.92 Å². The first kappa shape index (κ1) is 18.0. The van der Waals surface area contributed by atoms with E-state index in [0.29, 0.717) is 18.8 Å². The molecule has 6 heteroatoms. The maximum absolute atomic E-state index is 13.1. The van der Waals surface area contributed by atoms with Crippen LogP contribution < -0.4 is 10.6 Å². The smallest absolute Gasteiger partial charge is 0.325 e. The monoisotopic (exact) mass is 369 g/mol. The lowest BCUT2D eigenvalue weighted by Crippen LogP contribution is -2.52. The van der Waals surface area contributed by atoms with Gasteiger partial charge in [-0.25, -0.2) is 4.79 Å². The number of carbonyl (C=O) groups is 3. The maximum atomic E-state index is 13.1. The van der Waals surface area contributed by atoms with Gasteiger partial charge in [0.15, 0.2) is 0 Å². The minimum atomic E-state index is -0.899. The van der Waals surface area contributed by atoms with Crippen LogP contribution >= 0.6 is 0 Å². The van der Waals surface area contributed by atoms with Crippen LogP contribution in [0.3, 0.4) is 0 Å². The molecular formula is C21H27N3O3. The molecule has 3 aliphatic rings. The van der Waals surface area contributed by atoms with Crippen molar-refractivity contribution in [2.75, 3.05) is 6.54 Å². The van der Waals surface area contributed by atoms with Crippen molar-refractivity contribution in [3.05, 3.63) is 35.4 Å². The number of benzene rings is 1. The van der Waals surface area contributed by atoms with Gasteiger partial charge in [-0.2, -0.15) is 0 Å². The van der Waals surface area contributed by atoms with E-state index in [2.05, 4.69) is 23.6 Å². The molecule has 144 valence electrons. The Hall–Kier alpha value is -2.37. The zero-order valence-electron chi connectivity index (χ0n) is 15.8. The highest BCUT2D eigenvalue weighted by molar-refractivity contribution is 6.09. The number of nitrogens with one attached hydrogen (secondary N) is 2. The molecule has 1 aliphatic heterocycles. The molecule has 1 saturated heterocycles. The summed E-state index contributed by atoms with van der Waals surface area (Å²) in [5.74, 6) is -0.0775. The summed E-state index contributed by atoms with van der Waals surface area (Å²) in [4.78, 5) is 39.1. The molecule has 2 fully saturated rings. The van der Waals surface area contributed by atoms with Crippen LogP contribution in [0.5, 0.6) is 0 Å². The summed E-state index contributed by atoms with van der Waals surface area (Å²) >= 11 is 0. The number of urea groups is 1. The molecule has 4 rings (SSSR count). The Morgan fingerprint density at radius 3 is 2.74 bits per heavy atom. The number of imide groups is 1. The van der Waals surface area contributed by atoms with Crippen molar-refractivity contribution in [3.8, 4) is 0 Å². The van der Waals surface area contributed by atoms with E-state index in [4.69, 9.17) is 0 Å². The van der Waals surface area contributed by atoms with Gasteiger partial charge < -0.3 is 10.6 Å². The lowest BCUT2D eigenvalue weighted by Gasteiger charge is -2.32.